The van der Waals surface area contributed by atoms with Gasteiger partial charge in [-0.25, -0.2) is 4.98 Å². The van der Waals surface area contributed by atoms with E-state index in [1.165, 1.54) is 10.8 Å². The van der Waals surface area contributed by atoms with Crippen molar-refractivity contribution in [3.05, 3.63) is 85.1 Å². The van der Waals surface area contributed by atoms with E-state index in [9.17, 15) is 0 Å². The van der Waals surface area contributed by atoms with Crippen LogP contribution in [0, 0.1) is 0 Å². The number of hydrogen-bond donors (Lipinski definition) is 1. The molecule has 0 aliphatic rings. The molecule has 5 rings (SSSR count). The van der Waals surface area contributed by atoms with Gasteiger partial charge in [0.15, 0.2) is 0 Å². The van der Waals surface area contributed by atoms with E-state index >= 15 is 0 Å². The SMILES string of the molecule is Cn1c(Nc2ccccc2)nc2cnc(-c3cccc4ccccc34)cc21. The van der Waals surface area contributed by atoms with Crippen LogP contribution in [0.4, 0.5) is 11.6 Å². The summed E-state index contributed by atoms with van der Waals surface area (Å²) in [5.41, 5.74) is 5.02. The predicted octanol–water partition coefficient (Wildman–Crippen LogP) is 5.53. The van der Waals surface area contributed by atoms with Crippen LogP contribution in [0.15, 0.2) is 85.1 Å². The minimum atomic E-state index is 0.799. The Hall–Kier alpha value is -3.66. The highest BCUT2D eigenvalue weighted by atomic mass is 15.2. The topological polar surface area (TPSA) is 42.7 Å². The van der Waals surface area contributed by atoms with Gasteiger partial charge in [0, 0.05) is 18.3 Å². The zero-order valence-corrected chi connectivity index (χ0v) is 14.9. The molecule has 0 fully saturated rings. The van der Waals surface area contributed by atoms with E-state index in [4.69, 9.17) is 4.98 Å². The predicted molar refractivity (Wildman–Crippen MR) is 111 cm³/mol. The van der Waals surface area contributed by atoms with Crippen LogP contribution in [0.5, 0.6) is 0 Å². The van der Waals surface area contributed by atoms with Crippen LogP contribution in [0.25, 0.3) is 33.1 Å². The van der Waals surface area contributed by atoms with Crippen LogP contribution < -0.4 is 5.32 Å². The zero-order chi connectivity index (χ0) is 18.2. The van der Waals surface area contributed by atoms with Crippen molar-refractivity contribution in [3.8, 4) is 11.3 Å². The van der Waals surface area contributed by atoms with Gasteiger partial charge in [-0.2, -0.15) is 0 Å². The lowest BCUT2D eigenvalue weighted by molar-refractivity contribution is 0.958. The Morgan fingerprint density at radius 2 is 1.63 bits per heavy atom. The maximum absolute atomic E-state index is 4.69. The summed E-state index contributed by atoms with van der Waals surface area (Å²) in [6.45, 7) is 0. The Balaban J connectivity index is 1.62. The number of aromatic nitrogens is 3. The molecule has 4 nitrogen and oxygen atoms in total. The number of hydrogen-bond acceptors (Lipinski definition) is 3. The fraction of sp³-hybridized carbons (Fsp3) is 0.0435. The van der Waals surface area contributed by atoms with E-state index in [0.717, 1.165) is 33.9 Å². The number of imidazole rings is 1. The van der Waals surface area contributed by atoms with Crippen LogP contribution in [-0.4, -0.2) is 14.5 Å². The first-order valence-electron chi connectivity index (χ1n) is 8.92. The number of nitrogens with one attached hydrogen (secondary N) is 1. The first kappa shape index (κ1) is 15.6. The number of fused-ring (bicyclic) bond motifs is 2. The summed E-state index contributed by atoms with van der Waals surface area (Å²) in [4.78, 5) is 9.38. The molecule has 27 heavy (non-hydrogen) atoms. The molecular formula is C23H18N4. The molecule has 0 aliphatic heterocycles. The third kappa shape index (κ3) is 2.72. The molecule has 0 amide bonds. The fourth-order valence-electron chi connectivity index (χ4n) is 3.45. The standard InChI is InChI=1S/C23H18N4/c1-27-22-14-20(19-13-7-9-16-8-5-6-12-18(16)19)24-15-21(22)26-23(27)25-17-10-3-2-4-11-17/h2-15H,1H3,(H,25,26). The van der Waals surface area contributed by atoms with Gasteiger partial charge in [-0.3, -0.25) is 4.98 Å². The third-order valence-corrected chi connectivity index (χ3v) is 4.86. The molecule has 0 saturated carbocycles. The summed E-state index contributed by atoms with van der Waals surface area (Å²) in [6, 6.07) is 26.9. The Labute approximate surface area is 157 Å². The van der Waals surface area contributed by atoms with Crippen LogP contribution in [0.2, 0.25) is 0 Å². The Bertz CT molecular complexity index is 1250. The minimum absolute atomic E-state index is 0.799. The molecule has 0 bridgehead atoms. The van der Waals surface area contributed by atoms with Crippen molar-refractivity contribution in [2.75, 3.05) is 5.32 Å². The second kappa shape index (κ2) is 6.25. The smallest absolute Gasteiger partial charge is 0.208 e. The lowest BCUT2D eigenvalue weighted by atomic mass is 10.0. The molecule has 0 unspecified atom stereocenters. The van der Waals surface area contributed by atoms with Crippen molar-refractivity contribution in [1.82, 2.24) is 14.5 Å². The third-order valence-electron chi connectivity index (χ3n) is 4.86. The first-order chi connectivity index (χ1) is 13.3. The van der Waals surface area contributed by atoms with Crippen molar-refractivity contribution < 1.29 is 0 Å². The van der Waals surface area contributed by atoms with Gasteiger partial charge >= 0.3 is 0 Å². The van der Waals surface area contributed by atoms with Gasteiger partial charge in [0.2, 0.25) is 5.95 Å². The maximum Gasteiger partial charge on any atom is 0.208 e. The fourth-order valence-corrected chi connectivity index (χ4v) is 3.45. The molecule has 130 valence electrons. The quantitative estimate of drug-likeness (QED) is 0.465. The van der Waals surface area contributed by atoms with Gasteiger partial charge in [-0.1, -0.05) is 60.7 Å². The maximum atomic E-state index is 4.69. The second-order valence-corrected chi connectivity index (χ2v) is 6.57. The average Bonchev–Trinajstić information content (AvgIpc) is 3.03. The van der Waals surface area contributed by atoms with Crippen molar-refractivity contribution in [2.24, 2.45) is 7.05 Å². The number of rotatable bonds is 3. The summed E-state index contributed by atoms with van der Waals surface area (Å²) < 4.78 is 2.07. The lowest BCUT2D eigenvalue weighted by Gasteiger charge is -2.07. The number of anilines is 2. The molecule has 0 spiro atoms. The minimum Gasteiger partial charge on any atom is -0.326 e. The number of para-hydroxylation sites is 1. The van der Waals surface area contributed by atoms with E-state index in [1.54, 1.807) is 0 Å². The van der Waals surface area contributed by atoms with Gasteiger partial charge in [0.05, 0.1) is 17.4 Å². The van der Waals surface area contributed by atoms with Crippen LogP contribution >= 0.6 is 0 Å². The lowest BCUT2D eigenvalue weighted by Crippen LogP contribution is -1.98. The van der Waals surface area contributed by atoms with Gasteiger partial charge in [-0.05, 0) is 29.0 Å². The Kier molecular flexibility index (Phi) is 3.61. The molecule has 0 atom stereocenters. The number of pyridine rings is 1. The van der Waals surface area contributed by atoms with Gasteiger partial charge < -0.3 is 9.88 Å². The van der Waals surface area contributed by atoms with E-state index in [-0.39, 0.29) is 0 Å². The molecule has 5 aromatic rings. The largest absolute Gasteiger partial charge is 0.326 e. The van der Waals surface area contributed by atoms with Gasteiger partial charge in [0.25, 0.3) is 0 Å². The van der Waals surface area contributed by atoms with Crippen molar-refractivity contribution >= 4 is 33.4 Å². The molecule has 3 aromatic carbocycles. The summed E-state index contributed by atoms with van der Waals surface area (Å²) in [5, 5.41) is 5.80. The van der Waals surface area contributed by atoms with Gasteiger partial charge in [0.1, 0.15) is 5.52 Å². The molecule has 2 heterocycles. The van der Waals surface area contributed by atoms with Crippen LogP contribution in [0.3, 0.4) is 0 Å². The van der Waals surface area contributed by atoms with Crippen molar-refractivity contribution in [2.45, 2.75) is 0 Å². The summed E-state index contributed by atoms with van der Waals surface area (Å²) in [6.07, 6.45) is 1.85. The molecule has 0 saturated heterocycles. The Morgan fingerprint density at radius 3 is 2.52 bits per heavy atom. The average molecular weight is 350 g/mol. The van der Waals surface area contributed by atoms with Crippen LogP contribution in [-0.2, 0) is 7.05 Å². The van der Waals surface area contributed by atoms with Crippen molar-refractivity contribution in [3.63, 3.8) is 0 Å². The Morgan fingerprint density at radius 1 is 0.852 bits per heavy atom. The first-order valence-corrected chi connectivity index (χ1v) is 8.92. The van der Waals surface area contributed by atoms with E-state index < -0.39 is 0 Å². The molecular weight excluding hydrogens is 332 g/mol. The second-order valence-electron chi connectivity index (χ2n) is 6.57. The highest BCUT2D eigenvalue weighted by Crippen LogP contribution is 2.30. The van der Waals surface area contributed by atoms with E-state index in [0.29, 0.717) is 0 Å². The normalized spacial score (nSPS) is 11.1. The highest BCUT2D eigenvalue weighted by Gasteiger charge is 2.11. The summed E-state index contributed by atoms with van der Waals surface area (Å²) >= 11 is 0. The molecule has 2 aromatic heterocycles. The number of aryl methyl sites for hydroxylation is 1. The monoisotopic (exact) mass is 350 g/mol. The number of nitrogens with zero attached hydrogens (tertiary/aromatic N) is 3. The molecule has 4 heteroatoms. The molecule has 0 radical (unpaired) electrons. The number of benzene rings is 3. The zero-order valence-electron chi connectivity index (χ0n) is 14.9. The molecule has 1 N–H and O–H groups in total. The van der Waals surface area contributed by atoms with E-state index in [2.05, 4.69) is 63.4 Å². The van der Waals surface area contributed by atoms with Crippen LogP contribution in [0.1, 0.15) is 0 Å². The summed E-state index contributed by atoms with van der Waals surface area (Å²) in [7, 11) is 2.02. The summed E-state index contributed by atoms with van der Waals surface area (Å²) in [5.74, 6) is 0.799. The highest BCUT2D eigenvalue weighted by molar-refractivity contribution is 5.97. The van der Waals surface area contributed by atoms with Crippen molar-refractivity contribution in [1.29, 1.82) is 0 Å². The van der Waals surface area contributed by atoms with E-state index in [1.807, 2.05) is 43.6 Å². The molecule has 0 aliphatic carbocycles. The van der Waals surface area contributed by atoms with Gasteiger partial charge in [-0.15, -0.1) is 0 Å².